The second kappa shape index (κ2) is 8.04. The van der Waals surface area contributed by atoms with Gasteiger partial charge in [0.25, 0.3) is 0 Å². The highest BCUT2D eigenvalue weighted by molar-refractivity contribution is 7.89. The summed E-state index contributed by atoms with van der Waals surface area (Å²) in [5, 5.41) is 2.72. The first-order valence-electron chi connectivity index (χ1n) is 8.94. The standard InChI is InChI=1S/C18H30N4O3S/c1-5-21-9-11-22(12-10-21)26(24,25)15-8-6-7-14(13-15)20-17(23)16(19)18(2,3)4/h6-8,13,16H,5,9-12,19H2,1-4H3,(H,20,23)/t16-/m1/s1. The van der Waals surface area contributed by atoms with Crippen molar-refractivity contribution >= 4 is 21.6 Å². The monoisotopic (exact) mass is 382 g/mol. The van der Waals surface area contributed by atoms with Gasteiger partial charge in [-0.25, -0.2) is 8.42 Å². The van der Waals surface area contributed by atoms with Crippen LogP contribution in [-0.4, -0.2) is 62.3 Å². The third-order valence-electron chi connectivity index (χ3n) is 4.73. The first-order valence-corrected chi connectivity index (χ1v) is 10.4. The van der Waals surface area contributed by atoms with Crippen LogP contribution in [0.25, 0.3) is 0 Å². The van der Waals surface area contributed by atoms with Gasteiger partial charge >= 0.3 is 0 Å². The molecule has 3 N–H and O–H groups in total. The van der Waals surface area contributed by atoms with Gasteiger partial charge in [-0.1, -0.05) is 33.8 Å². The lowest BCUT2D eigenvalue weighted by Crippen LogP contribution is -2.48. The van der Waals surface area contributed by atoms with E-state index in [2.05, 4.69) is 17.1 Å². The molecule has 2 rings (SSSR count). The number of nitrogens with zero attached hydrogens (tertiary/aromatic N) is 2. The summed E-state index contributed by atoms with van der Waals surface area (Å²) in [5.74, 6) is -0.330. The second-order valence-electron chi connectivity index (χ2n) is 7.70. The summed E-state index contributed by atoms with van der Waals surface area (Å²) in [6.07, 6.45) is 0. The van der Waals surface area contributed by atoms with Gasteiger partial charge < -0.3 is 16.0 Å². The van der Waals surface area contributed by atoms with Gasteiger partial charge in [-0.15, -0.1) is 0 Å². The molecule has 1 saturated heterocycles. The number of likely N-dealkylation sites (N-methyl/N-ethyl adjacent to an activating group) is 1. The van der Waals surface area contributed by atoms with Crippen molar-refractivity contribution in [2.24, 2.45) is 11.1 Å². The molecule has 1 amide bonds. The number of nitrogens with two attached hydrogens (primary N) is 1. The lowest BCUT2D eigenvalue weighted by atomic mass is 9.87. The lowest BCUT2D eigenvalue weighted by molar-refractivity contribution is -0.119. The quantitative estimate of drug-likeness (QED) is 0.801. The van der Waals surface area contributed by atoms with Crippen LogP contribution in [-0.2, 0) is 14.8 Å². The number of carbonyl (C=O) groups excluding carboxylic acids is 1. The largest absolute Gasteiger partial charge is 0.325 e. The minimum absolute atomic E-state index is 0.185. The molecule has 1 heterocycles. The number of anilines is 1. The van der Waals surface area contributed by atoms with Crippen LogP contribution in [0.15, 0.2) is 29.2 Å². The molecule has 7 nitrogen and oxygen atoms in total. The Morgan fingerprint density at radius 1 is 1.23 bits per heavy atom. The van der Waals surface area contributed by atoms with E-state index in [1.54, 1.807) is 18.2 Å². The van der Waals surface area contributed by atoms with Crippen molar-refractivity contribution in [1.82, 2.24) is 9.21 Å². The Kier molecular flexibility index (Phi) is 6.44. The van der Waals surface area contributed by atoms with Crippen molar-refractivity contribution in [2.45, 2.75) is 38.6 Å². The Bertz CT molecular complexity index is 735. The maximum Gasteiger partial charge on any atom is 0.243 e. The van der Waals surface area contributed by atoms with Gasteiger partial charge in [0.2, 0.25) is 15.9 Å². The smallest absolute Gasteiger partial charge is 0.243 e. The van der Waals surface area contributed by atoms with Crippen molar-refractivity contribution in [3.05, 3.63) is 24.3 Å². The third kappa shape index (κ3) is 4.82. The molecule has 146 valence electrons. The molecule has 1 aromatic carbocycles. The van der Waals surface area contributed by atoms with Crippen LogP contribution in [0.3, 0.4) is 0 Å². The molecular weight excluding hydrogens is 352 g/mol. The Labute approximate surface area is 156 Å². The Balaban J connectivity index is 2.14. The summed E-state index contributed by atoms with van der Waals surface area (Å²) in [4.78, 5) is 14.7. The topological polar surface area (TPSA) is 95.7 Å². The van der Waals surface area contributed by atoms with Crippen molar-refractivity contribution in [2.75, 3.05) is 38.0 Å². The van der Waals surface area contributed by atoms with E-state index < -0.39 is 16.1 Å². The van der Waals surface area contributed by atoms with E-state index in [4.69, 9.17) is 5.73 Å². The number of sulfonamides is 1. The number of hydrogen-bond acceptors (Lipinski definition) is 5. The van der Waals surface area contributed by atoms with Crippen molar-refractivity contribution in [3.8, 4) is 0 Å². The summed E-state index contributed by atoms with van der Waals surface area (Å²) in [6.45, 7) is 11.0. The molecule has 26 heavy (non-hydrogen) atoms. The number of rotatable bonds is 5. The minimum Gasteiger partial charge on any atom is -0.325 e. The molecule has 1 aromatic rings. The van der Waals surface area contributed by atoms with E-state index in [1.807, 2.05) is 20.8 Å². The van der Waals surface area contributed by atoms with Crippen LogP contribution in [0.5, 0.6) is 0 Å². The normalized spacial score (nSPS) is 18.5. The van der Waals surface area contributed by atoms with Gasteiger partial charge in [0.15, 0.2) is 0 Å². The van der Waals surface area contributed by atoms with Gasteiger partial charge in [-0.2, -0.15) is 4.31 Å². The molecule has 1 atom stereocenters. The van der Waals surface area contributed by atoms with Crippen LogP contribution in [0, 0.1) is 5.41 Å². The first-order chi connectivity index (χ1) is 12.1. The van der Waals surface area contributed by atoms with Gasteiger partial charge in [-0.3, -0.25) is 4.79 Å². The number of piperazine rings is 1. The molecule has 1 fully saturated rings. The summed E-state index contributed by atoms with van der Waals surface area (Å²) in [5.41, 5.74) is 6.02. The number of carbonyl (C=O) groups is 1. The minimum atomic E-state index is -3.58. The third-order valence-corrected chi connectivity index (χ3v) is 6.63. The fraction of sp³-hybridized carbons (Fsp3) is 0.611. The Morgan fingerprint density at radius 2 is 1.85 bits per heavy atom. The van der Waals surface area contributed by atoms with E-state index in [1.165, 1.54) is 10.4 Å². The highest BCUT2D eigenvalue weighted by Gasteiger charge is 2.29. The van der Waals surface area contributed by atoms with E-state index in [9.17, 15) is 13.2 Å². The van der Waals surface area contributed by atoms with Gasteiger partial charge in [0, 0.05) is 31.9 Å². The van der Waals surface area contributed by atoms with Crippen molar-refractivity contribution in [1.29, 1.82) is 0 Å². The zero-order valence-electron chi connectivity index (χ0n) is 16.0. The highest BCUT2D eigenvalue weighted by Crippen LogP contribution is 2.23. The van der Waals surface area contributed by atoms with Crippen LogP contribution in [0.4, 0.5) is 5.69 Å². The van der Waals surface area contributed by atoms with Crippen LogP contribution >= 0.6 is 0 Å². The van der Waals surface area contributed by atoms with Crippen molar-refractivity contribution in [3.63, 3.8) is 0 Å². The molecular formula is C18H30N4O3S. The predicted molar refractivity (Wildman–Crippen MR) is 103 cm³/mol. The van der Waals surface area contributed by atoms with E-state index in [0.29, 0.717) is 18.8 Å². The number of amides is 1. The van der Waals surface area contributed by atoms with E-state index in [0.717, 1.165) is 19.6 Å². The number of hydrogen-bond donors (Lipinski definition) is 2. The van der Waals surface area contributed by atoms with Crippen LogP contribution < -0.4 is 11.1 Å². The zero-order valence-corrected chi connectivity index (χ0v) is 16.8. The zero-order chi connectivity index (χ0) is 19.5. The molecule has 0 radical (unpaired) electrons. The van der Waals surface area contributed by atoms with Crippen LogP contribution in [0.1, 0.15) is 27.7 Å². The molecule has 0 saturated carbocycles. The number of nitrogens with one attached hydrogen (secondary N) is 1. The van der Waals surface area contributed by atoms with E-state index >= 15 is 0 Å². The molecule has 1 aliphatic rings. The van der Waals surface area contributed by atoms with Gasteiger partial charge in [-0.05, 0) is 30.2 Å². The van der Waals surface area contributed by atoms with Crippen molar-refractivity contribution < 1.29 is 13.2 Å². The molecule has 8 heteroatoms. The fourth-order valence-electron chi connectivity index (χ4n) is 2.78. The summed E-state index contributed by atoms with van der Waals surface area (Å²) in [6, 6.07) is 5.66. The second-order valence-corrected chi connectivity index (χ2v) is 9.64. The number of benzene rings is 1. The van der Waals surface area contributed by atoms with Crippen LogP contribution in [0.2, 0.25) is 0 Å². The average molecular weight is 383 g/mol. The average Bonchev–Trinajstić information content (AvgIpc) is 2.60. The molecule has 0 aromatic heterocycles. The van der Waals surface area contributed by atoms with E-state index in [-0.39, 0.29) is 16.2 Å². The first kappa shape index (κ1) is 20.8. The predicted octanol–water partition coefficient (Wildman–Crippen LogP) is 1.32. The fourth-order valence-corrected chi connectivity index (χ4v) is 4.25. The molecule has 0 aliphatic carbocycles. The maximum atomic E-state index is 12.9. The Morgan fingerprint density at radius 3 is 2.38 bits per heavy atom. The summed E-state index contributed by atoms with van der Waals surface area (Å²) in [7, 11) is -3.58. The molecule has 1 aliphatic heterocycles. The maximum absolute atomic E-state index is 12.9. The molecule has 0 bridgehead atoms. The summed E-state index contributed by atoms with van der Waals surface area (Å²) >= 11 is 0. The Hall–Kier alpha value is -1.48. The molecule has 0 unspecified atom stereocenters. The molecule has 0 spiro atoms. The highest BCUT2D eigenvalue weighted by atomic mass is 32.2. The summed E-state index contributed by atoms with van der Waals surface area (Å²) < 4.78 is 27.3. The lowest BCUT2D eigenvalue weighted by Gasteiger charge is -2.33. The van der Waals surface area contributed by atoms with Gasteiger partial charge in [0.1, 0.15) is 0 Å². The van der Waals surface area contributed by atoms with Gasteiger partial charge in [0.05, 0.1) is 10.9 Å². The SMILES string of the molecule is CCN1CCN(S(=O)(=O)c2cccc(NC(=O)[C@@H](N)C(C)(C)C)c2)CC1.